The summed E-state index contributed by atoms with van der Waals surface area (Å²) in [6, 6.07) is 0. The highest BCUT2D eigenvalue weighted by Crippen LogP contribution is 2.66. The van der Waals surface area contributed by atoms with Gasteiger partial charge in [-0.15, -0.1) is 12.4 Å². The van der Waals surface area contributed by atoms with Crippen molar-refractivity contribution < 1.29 is 18.4 Å². The summed E-state index contributed by atoms with van der Waals surface area (Å²) in [5, 5.41) is 7.69. The van der Waals surface area contributed by atoms with Crippen molar-refractivity contribution in [2.24, 2.45) is 39.7 Å². The third-order valence-corrected chi connectivity index (χ3v) is 9.65. The van der Waals surface area contributed by atoms with Crippen LogP contribution in [-0.4, -0.2) is 30.7 Å². The number of oxime groups is 1. The lowest BCUT2D eigenvalue weighted by atomic mass is 9.44. The molecule has 0 amide bonds. The number of ketones is 1. The van der Waals surface area contributed by atoms with Gasteiger partial charge in [0.25, 0.3) is 6.08 Å². The molecule has 1 N–H and O–H groups in total. The zero-order valence-corrected chi connectivity index (χ0v) is 19.4. The molecule has 5 aliphatic rings. The largest absolute Gasteiger partial charge is 0.391 e. The first-order valence-corrected chi connectivity index (χ1v) is 11.8. The van der Waals surface area contributed by atoms with E-state index < -0.39 is 6.08 Å². The Morgan fingerprint density at radius 3 is 2.61 bits per heavy atom. The molecule has 4 saturated carbocycles. The van der Waals surface area contributed by atoms with Crippen LogP contribution >= 0.6 is 12.4 Å². The summed E-state index contributed by atoms with van der Waals surface area (Å²) >= 11 is 0. The molecule has 7 atom stereocenters. The quantitative estimate of drug-likeness (QED) is 0.557. The Bertz CT molecular complexity index is 792. The van der Waals surface area contributed by atoms with Gasteiger partial charge in [-0.3, -0.25) is 4.79 Å². The van der Waals surface area contributed by atoms with Gasteiger partial charge in [-0.2, -0.15) is 8.78 Å². The molecule has 0 aromatic heterocycles. The van der Waals surface area contributed by atoms with Crippen molar-refractivity contribution in [3.8, 4) is 0 Å². The molecule has 4 aliphatic carbocycles. The van der Waals surface area contributed by atoms with Gasteiger partial charge in [-0.25, -0.2) is 0 Å². The summed E-state index contributed by atoms with van der Waals surface area (Å²) in [4.78, 5) is 18.3. The number of nitrogens with one attached hydrogen (secondary N) is 1. The van der Waals surface area contributed by atoms with Crippen molar-refractivity contribution in [2.75, 3.05) is 13.1 Å². The van der Waals surface area contributed by atoms with Crippen molar-refractivity contribution in [1.82, 2.24) is 5.32 Å². The number of rotatable bonds is 2. The van der Waals surface area contributed by atoms with Crippen molar-refractivity contribution in [2.45, 2.75) is 77.7 Å². The molecule has 5 fully saturated rings. The van der Waals surface area contributed by atoms with Crippen LogP contribution < -0.4 is 5.32 Å². The average molecular weight is 457 g/mol. The van der Waals surface area contributed by atoms with Crippen molar-refractivity contribution in [3.05, 3.63) is 11.7 Å². The van der Waals surface area contributed by atoms with E-state index >= 15 is 0 Å². The number of nitrogens with zero attached hydrogens (tertiary/aromatic N) is 1. The minimum absolute atomic E-state index is 0. The highest BCUT2D eigenvalue weighted by Gasteiger charge is 2.61. The smallest absolute Gasteiger partial charge is 0.269 e. The van der Waals surface area contributed by atoms with Crippen LogP contribution in [0.1, 0.15) is 71.6 Å². The molecule has 1 unspecified atom stereocenters. The number of fused-ring (bicyclic) bond motifs is 5. The Morgan fingerprint density at radius 1 is 1.10 bits per heavy atom. The second kappa shape index (κ2) is 8.40. The molecular formula is C24H35ClF2N2O2. The van der Waals surface area contributed by atoms with Crippen LogP contribution in [0.2, 0.25) is 0 Å². The van der Waals surface area contributed by atoms with Crippen LogP contribution in [0.4, 0.5) is 8.78 Å². The fourth-order valence-electron chi connectivity index (χ4n) is 7.84. The maximum absolute atomic E-state index is 14.2. The number of hydrogen-bond acceptors (Lipinski definition) is 4. The van der Waals surface area contributed by atoms with Gasteiger partial charge in [-0.05, 0) is 86.2 Å². The van der Waals surface area contributed by atoms with Crippen LogP contribution in [0.15, 0.2) is 16.8 Å². The maximum atomic E-state index is 14.2. The van der Waals surface area contributed by atoms with Crippen LogP contribution in [0.3, 0.4) is 0 Å². The summed E-state index contributed by atoms with van der Waals surface area (Å²) in [6.45, 7) is 6.11. The monoisotopic (exact) mass is 456 g/mol. The zero-order valence-electron chi connectivity index (χ0n) is 18.6. The van der Waals surface area contributed by atoms with E-state index in [1.165, 1.54) is 0 Å². The molecule has 4 nitrogen and oxygen atoms in total. The number of carbonyl (C=O) groups is 1. The third kappa shape index (κ3) is 3.66. The van der Waals surface area contributed by atoms with Crippen molar-refractivity contribution in [3.63, 3.8) is 0 Å². The van der Waals surface area contributed by atoms with Gasteiger partial charge in [0.2, 0.25) is 0 Å². The van der Waals surface area contributed by atoms with Gasteiger partial charge in [0.1, 0.15) is 11.9 Å². The predicted octanol–water partition coefficient (Wildman–Crippen LogP) is 5.52. The Labute approximate surface area is 190 Å². The van der Waals surface area contributed by atoms with E-state index in [4.69, 9.17) is 4.84 Å². The molecule has 31 heavy (non-hydrogen) atoms. The number of halogens is 3. The molecule has 0 spiro atoms. The first-order chi connectivity index (χ1) is 14.3. The number of carbonyl (C=O) groups excluding carboxylic acids is 1. The van der Waals surface area contributed by atoms with E-state index in [0.717, 1.165) is 57.3 Å². The average Bonchev–Trinajstić information content (AvgIpc) is 3.34. The summed E-state index contributed by atoms with van der Waals surface area (Å²) < 4.78 is 28.5. The maximum Gasteiger partial charge on any atom is 0.269 e. The molecular weight excluding hydrogens is 422 g/mol. The summed E-state index contributed by atoms with van der Waals surface area (Å²) in [5.41, 5.74) is 0.866. The fourth-order valence-corrected chi connectivity index (χ4v) is 7.84. The SMILES string of the molecule is C[C@]12CCC(=NO[C@@H]3CCNC3)CC1C(=C(F)F)C[C@@H]1[C@@H]2CC[C@]2(C)C(=O)CC[C@@H]12.Cl. The molecule has 7 heteroatoms. The molecule has 1 saturated heterocycles. The first-order valence-electron chi connectivity index (χ1n) is 11.8. The number of Topliss-reactive ketones (excluding diaryl/α,β-unsaturated/α-hetero) is 1. The normalized spacial score (nSPS) is 45.5. The van der Waals surface area contributed by atoms with Gasteiger partial charge in [0, 0.05) is 24.8 Å². The van der Waals surface area contributed by atoms with Gasteiger partial charge in [0.05, 0.1) is 5.71 Å². The van der Waals surface area contributed by atoms with Crippen LogP contribution in [0.25, 0.3) is 0 Å². The van der Waals surface area contributed by atoms with E-state index in [2.05, 4.69) is 24.3 Å². The molecule has 0 aromatic carbocycles. The Hall–Kier alpha value is -1.01. The Kier molecular flexibility index (Phi) is 6.28. The van der Waals surface area contributed by atoms with Gasteiger partial charge < -0.3 is 10.2 Å². The molecule has 0 aromatic rings. The van der Waals surface area contributed by atoms with E-state index in [1.807, 2.05) is 0 Å². The van der Waals surface area contributed by atoms with E-state index in [1.54, 1.807) is 0 Å². The summed E-state index contributed by atoms with van der Waals surface area (Å²) in [6.07, 6.45) is 5.76. The van der Waals surface area contributed by atoms with Crippen LogP contribution in [0, 0.1) is 34.5 Å². The van der Waals surface area contributed by atoms with E-state index in [0.29, 0.717) is 36.5 Å². The Morgan fingerprint density at radius 2 is 1.90 bits per heavy atom. The standard InChI is InChI=1S/C24H34F2N2O2.ClH/c1-23-8-5-14(28-30-15-7-10-27-13-15)11-20(23)17(22(25)26)12-16-18-3-4-21(29)24(18,2)9-6-19(16)23;/h15-16,18-20,27H,3-13H2,1-2H3;1H/t15-,16+,18+,19+,20?,23-,24+;/m1./s1. The molecule has 1 heterocycles. The van der Waals surface area contributed by atoms with Crippen molar-refractivity contribution >= 4 is 23.9 Å². The molecule has 0 radical (unpaired) electrons. The lowest BCUT2D eigenvalue weighted by Gasteiger charge is -2.59. The molecule has 5 rings (SSSR count). The topological polar surface area (TPSA) is 50.7 Å². The lowest BCUT2D eigenvalue weighted by molar-refractivity contribution is -0.134. The number of allylic oxidation sites excluding steroid dienone is 1. The summed E-state index contributed by atoms with van der Waals surface area (Å²) in [7, 11) is 0. The van der Waals surface area contributed by atoms with E-state index in [9.17, 15) is 13.6 Å². The first kappa shape index (κ1) is 23.2. The minimum atomic E-state index is -1.50. The van der Waals surface area contributed by atoms with Crippen LogP contribution in [0.5, 0.6) is 0 Å². The Balaban J connectivity index is 0.00000231. The molecule has 1 aliphatic heterocycles. The van der Waals surface area contributed by atoms with E-state index in [-0.39, 0.29) is 47.1 Å². The van der Waals surface area contributed by atoms with Gasteiger partial charge in [-0.1, -0.05) is 19.0 Å². The molecule has 0 bridgehead atoms. The van der Waals surface area contributed by atoms with Gasteiger partial charge >= 0.3 is 0 Å². The molecule has 174 valence electrons. The third-order valence-electron chi connectivity index (χ3n) is 9.65. The zero-order chi connectivity index (χ0) is 21.1. The predicted molar refractivity (Wildman–Crippen MR) is 118 cm³/mol. The lowest BCUT2D eigenvalue weighted by Crippen LogP contribution is -2.54. The second-order valence-electron chi connectivity index (χ2n) is 10.9. The second-order valence-corrected chi connectivity index (χ2v) is 10.9. The van der Waals surface area contributed by atoms with Crippen LogP contribution in [-0.2, 0) is 9.63 Å². The minimum Gasteiger partial charge on any atom is -0.391 e. The highest BCUT2D eigenvalue weighted by atomic mass is 35.5. The highest BCUT2D eigenvalue weighted by molar-refractivity contribution is 5.87. The summed E-state index contributed by atoms with van der Waals surface area (Å²) in [5.74, 6) is 1.12. The van der Waals surface area contributed by atoms with Crippen molar-refractivity contribution in [1.29, 1.82) is 0 Å². The van der Waals surface area contributed by atoms with Gasteiger partial charge in [0.15, 0.2) is 0 Å². The fraction of sp³-hybridized carbons (Fsp3) is 0.833. The number of hydrogen-bond donors (Lipinski definition) is 1.